The lowest BCUT2D eigenvalue weighted by atomic mass is 10.1. The molecule has 0 aliphatic carbocycles. The molecule has 0 radical (unpaired) electrons. The van der Waals surface area contributed by atoms with Gasteiger partial charge in [0.1, 0.15) is 0 Å². The van der Waals surface area contributed by atoms with E-state index >= 15 is 0 Å². The van der Waals surface area contributed by atoms with Gasteiger partial charge in [0.2, 0.25) is 11.8 Å². The minimum atomic E-state index is 0.0166. The maximum absolute atomic E-state index is 13.0. The average molecular weight is 468 g/mol. The summed E-state index contributed by atoms with van der Waals surface area (Å²) >= 11 is 2.98. The molecule has 0 saturated heterocycles. The van der Waals surface area contributed by atoms with E-state index in [0.717, 1.165) is 22.1 Å². The molecule has 0 saturated carbocycles. The van der Waals surface area contributed by atoms with Crippen molar-refractivity contribution in [1.82, 2.24) is 24.6 Å². The van der Waals surface area contributed by atoms with E-state index in [-0.39, 0.29) is 11.7 Å². The molecule has 1 amide bonds. The molecule has 32 heavy (non-hydrogen) atoms. The molecule has 0 spiro atoms. The highest BCUT2D eigenvalue weighted by Crippen LogP contribution is 2.25. The molecule has 0 bridgehead atoms. The van der Waals surface area contributed by atoms with E-state index < -0.39 is 0 Å². The normalized spacial score (nSPS) is 11.1. The zero-order valence-corrected chi connectivity index (χ0v) is 19.9. The van der Waals surface area contributed by atoms with Crippen LogP contribution in [0, 0.1) is 13.8 Å². The summed E-state index contributed by atoms with van der Waals surface area (Å²) in [6.45, 7) is 7.14. The first-order valence-electron chi connectivity index (χ1n) is 10.4. The smallest absolute Gasteiger partial charge is 0.257 e. The van der Waals surface area contributed by atoms with Gasteiger partial charge in [-0.1, -0.05) is 42.4 Å². The van der Waals surface area contributed by atoms with Gasteiger partial charge >= 0.3 is 0 Å². The molecule has 166 valence electrons. The van der Waals surface area contributed by atoms with Gasteiger partial charge in [-0.2, -0.15) is 0 Å². The fourth-order valence-electron chi connectivity index (χ4n) is 3.42. The van der Waals surface area contributed by atoms with Crippen LogP contribution >= 0.6 is 23.1 Å². The molecule has 9 heteroatoms. The van der Waals surface area contributed by atoms with Gasteiger partial charge in [0.15, 0.2) is 5.16 Å². The summed E-state index contributed by atoms with van der Waals surface area (Å²) in [5.41, 5.74) is 3.45. The number of aromatic nitrogens is 4. The zero-order valence-electron chi connectivity index (χ0n) is 18.3. The SMILES string of the molecule is CCCN(Cc1nnc(-c2cccs2)o1)C(=O)CSc1nccn1-c1ccc(C)cc1C. The minimum absolute atomic E-state index is 0.0166. The molecule has 0 aliphatic rings. The number of imidazole rings is 1. The van der Waals surface area contributed by atoms with E-state index in [4.69, 9.17) is 4.42 Å². The van der Waals surface area contributed by atoms with Crippen molar-refractivity contribution in [2.45, 2.75) is 38.9 Å². The predicted octanol–water partition coefficient (Wildman–Crippen LogP) is 5.13. The highest BCUT2D eigenvalue weighted by Gasteiger charge is 2.19. The monoisotopic (exact) mass is 467 g/mol. The quantitative estimate of drug-likeness (QED) is 0.318. The number of thiophene rings is 1. The van der Waals surface area contributed by atoms with Gasteiger partial charge in [0, 0.05) is 18.9 Å². The molecule has 4 rings (SSSR count). The minimum Gasteiger partial charge on any atom is -0.418 e. The Morgan fingerprint density at radius 2 is 2.12 bits per heavy atom. The Morgan fingerprint density at radius 1 is 1.25 bits per heavy atom. The van der Waals surface area contributed by atoms with Crippen LogP contribution in [0.4, 0.5) is 0 Å². The van der Waals surface area contributed by atoms with Crippen molar-refractivity contribution >= 4 is 29.0 Å². The van der Waals surface area contributed by atoms with Crippen LogP contribution in [0.2, 0.25) is 0 Å². The number of hydrogen-bond donors (Lipinski definition) is 0. The third kappa shape index (κ3) is 5.11. The number of carbonyl (C=O) groups is 1. The van der Waals surface area contributed by atoms with Crippen molar-refractivity contribution < 1.29 is 9.21 Å². The predicted molar refractivity (Wildman–Crippen MR) is 127 cm³/mol. The van der Waals surface area contributed by atoms with Gasteiger partial charge in [-0.3, -0.25) is 9.36 Å². The van der Waals surface area contributed by atoms with Crippen LogP contribution in [-0.2, 0) is 11.3 Å². The van der Waals surface area contributed by atoms with E-state index in [1.165, 1.54) is 22.9 Å². The third-order valence-corrected chi connectivity index (χ3v) is 6.72. The molecule has 3 aromatic heterocycles. The molecule has 4 aromatic rings. The summed E-state index contributed by atoms with van der Waals surface area (Å²) in [7, 11) is 0. The fraction of sp³-hybridized carbons (Fsp3) is 0.304. The second-order valence-electron chi connectivity index (χ2n) is 7.45. The van der Waals surface area contributed by atoms with Gasteiger partial charge in [-0.05, 0) is 43.3 Å². The van der Waals surface area contributed by atoms with E-state index in [2.05, 4.69) is 47.2 Å². The van der Waals surface area contributed by atoms with Gasteiger partial charge in [-0.25, -0.2) is 4.98 Å². The Labute approximate surface area is 195 Å². The van der Waals surface area contributed by atoms with E-state index in [0.29, 0.717) is 24.9 Å². The van der Waals surface area contributed by atoms with Crippen LogP contribution in [0.25, 0.3) is 16.5 Å². The molecule has 1 aromatic carbocycles. The number of thioether (sulfide) groups is 1. The van der Waals surface area contributed by atoms with Crippen LogP contribution in [0.3, 0.4) is 0 Å². The second-order valence-corrected chi connectivity index (χ2v) is 9.34. The maximum Gasteiger partial charge on any atom is 0.257 e. The van der Waals surface area contributed by atoms with Crippen LogP contribution < -0.4 is 0 Å². The number of aryl methyl sites for hydroxylation is 2. The van der Waals surface area contributed by atoms with Crippen molar-refractivity contribution in [2.24, 2.45) is 0 Å². The summed E-state index contributed by atoms with van der Waals surface area (Å²) < 4.78 is 7.81. The Kier molecular flexibility index (Phi) is 7.06. The van der Waals surface area contributed by atoms with E-state index in [9.17, 15) is 4.79 Å². The summed E-state index contributed by atoms with van der Waals surface area (Å²) in [6, 6.07) is 10.2. The molecular formula is C23H25N5O2S2. The molecule has 3 heterocycles. The van der Waals surface area contributed by atoms with E-state index in [1.807, 2.05) is 35.2 Å². The highest BCUT2D eigenvalue weighted by atomic mass is 32.2. The molecule has 0 unspecified atom stereocenters. The lowest BCUT2D eigenvalue weighted by molar-refractivity contribution is -0.129. The number of nitrogens with zero attached hydrogens (tertiary/aromatic N) is 5. The van der Waals surface area contributed by atoms with Crippen molar-refractivity contribution in [3.8, 4) is 16.5 Å². The van der Waals surface area contributed by atoms with Gasteiger partial charge in [-0.15, -0.1) is 21.5 Å². The largest absolute Gasteiger partial charge is 0.418 e. The maximum atomic E-state index is 13.0. The summed E-state index contributed by atoms with van der Waals surface area (Å²) in [4.78, 5) is 20.2. The average Bonchev–Trinajstić information content (AvgIpc) is 3.53. The first-order valence-corrected chi connectivity index (χ1v) is 12.3. The lowest BCUT2D eigenvalue weighted by Gasteiger charge is -2.20. The lowest BCUT2D eigenvalue weighted by Crippen LogP contribution is -2.32. The summed E-state index contributed by atoms with van der Waals surface area (Å²) in [6.07, 6.45) is 4.54. The van der Waals surface area contributed by atoms with Crippen LogP contribution in [0.5, 0.6) is 0 Å². The Bertz CT molecular complexity index is 1180. The number of hydrogen-bond acceptors (Lipinski definition) is 7. The van der Waals surface area contributed by atoms with Gasteiger partial charge < -0.3 is 9.32 Å². The Hall–Kier alpha value is -2.91. The van der Waals surface area contributed by atoms with Crippen LogP contribution in [0.1, 0.15) is 30.4 Å². The fourth-order valence-corrected chi connectivity index (χ4v) is 4.93. The Balaban J connectivity index is 1.43. The summed E-state index contributed by atoms with van der Waals surface area (Å²) in [5.74, 6) is 1.23. The first kappa shape index (κ1) is 22.3. The number of amides is 1. The van der Waals surface area contributed by atoms with Crippen LogP contribution in [-0.4, -0.2) is 42.9 Å². The van der Waals surface area contributed by atoms with Gasteiger partial charge in [0.05, 0.1) is 22.9 Å². The van der Waals surface area contributed by atoms with Crippen molar-refractivity contribution in [1.29, 1.82) is 0 Å². The standard InChI is InChI=1S/C23H25N5O2S2/c1-4-10-27(14-20-25-26-22(30-20)19-6-5-12-31-19)21(29)15-32-23-24-9-11-28(23)18-8-7-16(2)13-17(18)3/h5-9,11-13H,4,10,14-15H2,1-3H3. The number of rotatable bonds is 9. The molecule has 0 N–H and O–H groups in total. The topological polar surface area (TPSA) is 77.1 Å². The zero-order chi connectivity index (χ0) is 22.5. The first-order chi connectivity index (χ1) is 15.5. The van der Waals surface area contributed by atoms with Crippen molar-refractivity contribution in [2.75, 3.05) is 12.3 Å². The van der Waals surface area contributed by atoms with Gasteiger partial charge in [0.25, 0.3) is 5.89 Å². The Morgan fingerprint density at radius 3 is 2.88 bits per heavy atom. The van der Waals surface area contributed by atoms with E-state index in [1.54, 1.807) is 22.4 Å². The van der Waals surface area contributed by atoms with Crippen molar-refractivity contribution in [3.05, 3.63) is 65.1 Å². The van der Waals surface area contributed by atoms with Crippen molar-refractivity contribution in [3.63, 3.8) is 0 Å². The molecule has 0 fully saturated rings. The highest BCUT2D eigenvalue weighted by molar-refractivity contribution is 7.99. The molecule has 0 atom stereocenters. The summed E-state index contributed by atoms with van der Waals surface area (Å²) in [5, 5.41) is 11.0. The second kappa shape index (κ2) is 10.1. The number of benzene rings is 1. The number of carbonyl (C=O) groups excluding carboxylic acids is 1. The molecule has 0 aliphatic heterocycles. The molecule has 7 nitrogen and oxygen atoms in total. The van der Waals surface area contributed by atoms with Crippen LogP contribution in [0.15, 0.2) is 57.7 Å². The third-order valence-electron chi connectivity index (χ3n) is 4.91. The molecular weight excluding hydrogens is 442 g/mol.